The zero-order chi connectivity index (χ0) is 12.1. The van der Waals surface area contributed by atoms with Crippen molar-refractivity contribution in [2.24, 2.45) is 0 Å². The van der Waals surface area contributed by atoms with Crippen LogP contribution in [0.1, 0.15) is 44.1 Å². The highest BCUT2D eigenvalue weighted by atomic mass is 16.5. The van der Waals surface area contributed by atoms with E-state index in [0.717, 1.165) is 12.8 Å². The second-order valence-corrected chi connectivity index (χ2v) is 4.60. The van der Waals surface area contributed by atoms with E-state index in [1.165, 1.54) is 25.7 Å². The number of nitriles is 1. The quantitative estimate of drug-likeness (QED) is 0.626. The first-order chi connectivity index (χ1) is 8.29. The summed E-state index contributed by atoms with van der Waals surface area (Å²) < 4.78 is 5.93. The lowest BCUT2D eigenvalue weighted by Gasteiger charge is -2.17. The van der Waals surface area contributed by atoms with E-state index in [9.17, 15) is 0 Å². The van der Waals surface area contributed by atoms with Gasteiger partial charge < -0.3 is 10.5 Å². The predicted molar refractivity (Wildman–Crippen MR) is 67.7 cm³/mol. The van der Waals surface area contributed by atoms with Crippen LogP contribution in [0.25, 0.3) is 0 Å². The molecule has 1 fully saturated rings. The minimum atomic E-state index is 0.258. The van der Waals surface area contributed by atoms with Crippen LogP contribution in [0.5, 0.6) is 5.75 Å². The van der Waals surface area contributed by atoms with E-state index in [-0.39, 0.29) is 6.10 Å². The fraction of sp³-hybridized carbons (Fsp3) is 0.500. The third-order valence-electron chi connectivity index (χ3n) is 3.22. The van der Waals surface area contributed by atoms with Gasteiger partial charge in [-0.15, -0.1) is 0 Å². The van der Waals surface area contributed by atoms with E-state index in [0.29, 0.717) is 17.0 Å². The van der Waals surface area contributed by atoms with Gasteiger partial charge in [-0.2, -0.15) is 5.26 Å². The molecule has 0 spiro atoms. The zero-order valence-electron chi connectivity index (χ0n) is 9.98. The van der Waals surface area contributed by atoms with Crippen molar-refractivity contribution in [3.63, 3.8) is 0 Å². The van der Waals surface area contributed by atoms with E-state index in [4.69, 9.17) is 15.7 Å². The van der Waals surface area contributed by atoms with E-state index in [2.05, 4.69) is 6.07 Å². The monoisotopic (exact) mass is 230 g/mol. The summed E-state index contributed by atoms with van der Waals surface area (Å²) in [5, 5.41) is 9.04. The van der Waals surface area contributed by atoms with E-state index < -0.39 is 0 Å². The van der Waals surface area contributed by atoms with Gasteiger partial charge in [0, 0.05) is 5.69 Å². The Morgan fingerprint density at radius 3 is 2.53 bits per heavy atom. The first-order valence-corrected chi connectivity index (χ1v) is 6.26. The number of benzene rings is 1. The lowest BCUT2D eigenvalue weighted by atomic mass is 10.1. The Morgan fingerprint density at radius 1 is 1.18 bits per heavy atom. The molecule has 0 saturated heterocycles. The molecular weight excluding hydrogens is 212 g/mol. The van der Waals surface area contributed by atoms with Gasteiger partial charge >= 0.3 is 0 Å². The van der Waals surface area contributed by atoms with Crippen molar-refractivity contribution in [1.29, 1.82) is 5.26 Å². The molecule has 0 radical (unpaired) electrons. The molecule has 0 amide bonds. The van der Waals surface area contributed by atoms with Gasteiger partial charge in [-0.05, 0) is 43.9 Å². The van der Waals surface area contributed by atoms with Crippen LogP contribution in [-0.4, -0.2) is 6.10 Å². The van der Waals surface area contributed by atoms with Crippen LogP contribution in [0, 0.1) is 11.3 Å². The molecule has 90 valence electrons. The van der Waals surface area contributed by atoms with Crippen molar-refractivity contribution >= 4 is 5.69 Å². The topological polar surface area (TPSA) is 59.0 Å². The molecule has 0 unspecified atom stereocenters. The van der Waals surface area contributed by atoms with Gasteiger partial charge in [0.25, 0.3) is 0 Å². The first kappa shape index (κ1) is 11.8. The third-order valence-corrected chi connectivity index (χ3v) is 3.22. The smallest absolute Gasteiger partial charge is 0.137 e. The van der Waals surface area contributed by atoms with Gasteiger partial charge in [0.05, 0.1) is 11.7 Å². The molecule has 3 nitrogen and oxygen atoms in total. The molecule has 1 aliphatic carbocycles. The normalized spacial score (nSPS) is 17.1. The Balaban J connectivity index is 2.09. The number of nitrogens with zero attached hydrogens (tertiary/aromatic N) is 1. The van der Waals surface area contributed by atoms with Gasteiger partial charge in [-0.1, -0.05) is 12.8 Å². The molecule has 1 aliphatic rings. The highest BCUT2D eigenvalue weighted by Crippen LogP contribution is 2.26. The predicted octanol–water partition coefficient (Wildman–Crippen LogP) is 3.24. The second kappa shape index (κ2) is 5.58. The molecule has 17 heavy (non-hydrogen) atoms. The van der Waals surface area contributed by atoms with Gasteiger partial charge in [-0.25, -0.2) is 0 Å². The summed E-state index contributed by atoms with van der Waals surface area (Å²) in [5.41, 5.74) is 6.80. The summed E-state index contributed by atoms with van der Waals surface area (Å²) in [6.07, 6.45) is 7.49. The van der Waals surface area contributed by atoms with Crippen molar-refractivity contribution in [1.82, 2.24) is 0 Å². The minimum Gasteiger partial charge on any atom is -0.489 e. The van der Waals surface area contributed by atoms with Crippen molar-refractivity contribution < 1.29 is 4.74 Å². The van der Waals surface area contributed by atoms with Gasteiger partial charge in [0.2, 0.25) is 0 Å². The van der Waals surface area contributed by atoms with Crippen LogP contribution in [0.3, 0.4) is 0 Å². The molecule has 1 saturated carbocycles. The lowest BCUT2D eigenvalue weighted by molar-refractivity contribution is 0.183. The summed E-state index contributed by atoms with van der Waals surface area (Å²) >= 11 is 0. The lowest BCUT2D eigenvalue weighted by Crippen LogP contribution is -2.15. The summed E-state index contributed by atoms with van der Waals surface area (Å²) in [6, 6.07) is 7.40. The number of hydrogen-bond donors (Lipinski definition) is 1. The molecule has 1 aromatic carbocycles. The standard InChI is InChI=1S/C14H18N2O/c15-10-11-9-12(16)7-8-14(11)17-13-5-3-1-2-4-6-13/h7-9,13H,1-6,16H2. The molecule has 3 heteroatoms. The van der Waals surface area contributed by atoms with Crippen LogP contribution < -0.4 is 10.5 Å². The van der Waals surface area contributed by atoms with Crippen LogP contribution >= 0.6 is 0 Å². The fourth-order valence-electron chi connectivity index (χ4n) is 2.28. The molecule has 0 heterocycles. The van der Waals surface area contributed by atoms with E-state index in [1.54, 1.807) is 18.2 Å². The maximum atomic E-state index is 9.04. The Morgan fingerprint density at radius 2 is 1.88 bits per heavy atom. The number of rotatable bonds is 2. The molecule has 0 aliphatic heterocycles. The molecule has 2 rings (SSSR count). The summed E-state index contributed by atoms with van der Waals surface area (Å²) in [4.78, 5) is 0. The molecular formula is C14H18N2O. The molecule has 0 bridgehead atoms. The Bertz CT molecular complexity index is 415. The largest absolute Gasteiger partial charge is 0.489 e. The Hall–Kier alpha value is -1.69. The fourth-order valence-corrected chi connectivity index (χ4v) is 2.28. The highest BCUT2D eigenvalue weighted by Gasteiger charge is 2.15. The zero-order valence-corrected chi connectivity index (χ0v) is 9.98. The van der Waals surface area contributed by atoms with Gasteiger partial charge in [-0.3, -0.25) is 0 Å². The number of hydrogen-bond acceptors (Lipinski definition) is 3. The molecule has 2 N–H and O–H groups in total. The van der Waals surface area contributed by atoms with Crippen molar-refractivity contribution in [3.05, 3.63) is 23.8 Å². The Kier molecular flexibility index (Phi) is 3.87. The summed E-state index contributed by atoms with van der Waals surface area (Å²) in [5.74, 6) is 0.675. The van der Waals surface area contributed by atoms with Crippen LogP contribution in [0.2, 0.25) is 0 Å². The third kappa shape index (κ3) is 3.13. The number of anilines is 1. The van der Waals surface area contributed by atoms with Crippen LogP contribution in [0.4, 0.5) is 5.69 Å². The van der Waals surface area contributed by atoms with Crippen molar-refractivity contribution in [2.75, 3.05) is 5.73 Å². The average Bonchev–Trinajstić information content (AvgIpc) is 2.60. The van der Waals surface area contributed by atoms with Crippen molar-refractivity contribution in [2.45, 2.75) is 44.6 Å². The number of nitrogen functional groups attached to an aromatic ring is 1. The summed E-state index contributed by atoms with van der Waals surface area (Å²) in [7, 11) is 0. The highest BCUT2D eigenvalue weighted by molar-refractivity contribution is 5.53. The maximum Gasteiger partial charge on any atom is 0.137 e. The second-order valence-electron chi connectivity index (χ2n) is 4.60. The van der Waals surface area contributed by atoms with Gasteiger partial charge in [0.1, 0.15) is 11.8 Å². The average molecular weight is 230 g/mol. The van der Waals surface area contributed by atoms with E-state index >= 15 is 0 Å². The maximum absolute atomic E-state index is 9.04. The molecule has 0 aromatic heterocycles. The van der Waals surface area contributed by atoms with Crippen LogP contribution in [-0.2, 0) is 0 Å². The minimum absolute atomic E-state index is 0.258. The number of ether oxygens (including phenoxy) is 1. The number of nitrogens with two attached hydrogens (primary N) is 1. The molecule has 1 aromatic rings. The first-order valence-electron chi connectivity index (χ1n) is 6.26. The van der Waals surface area contributed by atoms with Crippen LogP contribution in [0.15, 0.2) is 18.2 Å². The SMILES string of the molecule is N#Cc1cc(N)ccc1OC1CCCCCC1. The van der Waals surface area contributed by atoms with Crippen molar-refractivity contribution in [3.8, 4) is 11.8 Å². The Labute approximate surface area is 102 Å². The summed E-state index contributed by atoms with van der Waals surface area (Å²) in [6.45, 7) is 0. The van der Waals surface area contributed by atoms with Gasteiger partial charge in [0.15, 0.2) is 0 Å². The molecule has 0 atom stereocenters. The van der Waals surface area contributed by atoms with E-state index in [1.807, 2.05) is 0 Å².